The van der Waals surface area contributed by atoms with E-state index in [1.54, 1.807) is 0 Å². The maximum absolute atomic E-state index is 12.1. The molecule has 1 saturated heterocycles. The van der Waals surface area contributed by atoms with Crippen molar-refractivity contribution in [2.24, 2.45) is 5.41 Å². The Bertz CT molecular complexity index is 498. The van der Waals surface area contributed by atoms with Gasteiger partial charge in [-0.2, -0.15) is 0 Å². The summed E-state index contributed by atoms with van der Waals surface area (Å²) in [6, 6.07) is 8.53. The van der Waals surface area contributed by atoms with Gasteiger partial charge in [-0.3, -0.25) is 4.90 Å². The van der Waals surface area contributed by atoms with Gasteiger partial charge in [-0.15, -0.1) is 0 Å². The lowest BCUT2D eigenvalue weighted by molar-refractivity contribution is -0.141. The molecule has 0 aromatic heterocycles. The molecular weight excluding hydrogens is 258 g/mol. The predicted octanol–water partition coefficient (Wildman–Crippen LogP) is 2.51. The van der Waals surface area contributed by atoms with E-state index in [0.717, 1.165) is 5.56 Å². The quantitative estimate of drug-likeness (QED) is 0.921. The fraction of sp³-hybridized carbons (Fsp3) is 0.467. The SMILES string of the molecule is CC1(C)C[C@H](C(=O)O)N(C(=O)OCc2ccccc2)C1. The van der Waals surface area contributed by atoms with E-state index in [4.69, 9.17) is 4.74 Å². The van der Waals surface area contributed by atoms with Gasteiger partial charge in [0.05, 0.1) is 0 Å². The van der Waals surface area contributed by atoms with Crippen molar-refractivity contribution < 1.29 is 19.4 Å². The summed E-state index contributed by atoms with van der Waals surface area (Å²) in [6.45, 7) is 4.46. The number of carboxylic acid groups (broad SMARTS) is 1. The van der Waals surface area contributed by atoms with Crippen LogP contribution in [0.4, 0.5) is 4.79 Å². The number of carbonyl (C=O) groups excluding carboxylic acids is 1. The molecule has 1 aliphatic rings. The van der Waals surface area contributed by atoms with Crippen molar-refractivity contribution in [2.75, 3.05) is 6.54 Å². The van der Waals surface area contributed by atoms with Crippen LogP contribution in [-0.4, -0.2) is 34.7 Å². The molecule has 0 radical (unpaired) electrons. The minimum Gasteiger partial charge on any atom is -0.480 e. The Kier molecular flexibility index (Phi) is 3.97. The van der Waals surface area contributed by atoms with E-state index in [2.05, 4.69) is 0 Å². The second kappa shape index (κ2) is 5.53. The first-order valence-electron chi connectivity index (χ1n) is 6.59. The van der Waals surface area contributed by atoms with Gasteiger partial charge in [-0.25, -0.2) is 9.59 Å². The van der Waals surface area contributed by atoms with Gasteiger partial charge < -0.3 is 9.84 Å². The molecule has 5 nitrogen and oxygen atoms in total. The number of aliphatic carboxylic acids is 1. The Hall–Kier alpha value is -2.04. The molecule has 1 aromatic carbocycles. The topological polar surface area (TPSA) is 66.8 Å². The molecule has 1 amide bonds. The Labute approximate surface area is 118 Å². The first kappa shape index (κ1) is 14.4. The highest BCUT2D eigenvalue weighted by molar-refractivity contribution is 5.81. The van der Waals surface area contributed by atoms with E-state index in [1.807, 2.05) is 44.2 Å². The number of likely N-dealkylation sites (tertiary alicyclic amines) is 1. The molecule has 2 rings (SSSR count). The number of hydrogen-bond acceptors (Lipinski definition) is 3. The zero-order chi connectivity index (χ0) is 14.8. The summed E-state index contributed by atoms with van der Waals surface area (Å²) < 4.78 is 5.21. The summed E-state index contributed by atoms with van der Waals surface area (Å²) >= 11 is 0. The van der Waals surface area contributed by atoms with Crippen LogP contribution >= 0.6 is 0 Å². The Morgan fingerprint density at radius 1 is 1.35 bits per heavy atom. The van der Waals surface area contributed by atoms with Gasteiger partial charge in [0.25, 0.3) is 0 Å². The molecule has 1 fully saturated rings. The van der Waals surface area contributed by atoms with Gasteiger partial charge in [0.15, 0.2) is 0 Å². The third-order valence-electron chi connectivity index (χ3n) is 3.45. The Morgan fingerprint density at radius 3 is 2.60 bits per heavy atom. The van der Waals surface area contributed by atoms with Gasteiger partial charge in [-0.05, 0) is 17.4 Å². The van der Waals surface area contributed by atoms with Crippen molar-refractivity contribution in [1.82, 2.24) is 4.90 Å². The summed E-state index contributed by atoms with van der Waals surface area (Å²) in [5.74, 6) is -0.979. The molecule has 0 bridgehead atoms. The maximum atomic E-state index is 12.1. The zero-order valence-electron chi connectivity index (χ0n) is 11.7. The monoisotopic (exact) mass is 277 g/mol. The molecule has 0 saturated carbocycles. The summed E-state index contributed by atoms with van der Waals surface area (Å²) in [5.41, 5.74) is 0.681. The van der Waals surface area contributed by atoms with Crippen LogP contribution in [0.15, 0.2) is 30.3 Å². The van der Waals surface area contributed by atoms with Gasteiger partial charge in [0, 0.05) is 6.54 Å². The van der Waals surface area contributed by atoms with Crippen molar-refractivity contribution in [3.8, 4) is 0 Å². The summed E-state index contributed by atoms with van der Waals surface area (Å²) in [7, 11) is 0. The van der Waals surface area contributed by atoms with Crippen molar-refractivity contribution in [1.29, 1.82) is 0 Å². The van der Waals surface area contributed by atoms with E-state index in [0.29, 0.717) is 13.0 Å². The lowest BCUT2D eigenvalue weighted by atomic mass is 9.91. The van der Waals surface area contributed by atoms with E-state index in [9.17, 15) is 14.7 Å². The third kappa shape index (κ3) is 3.29. The highest BCUT2D eigenvalue weighted by atomic mass is 16.6. The second-order valence-corrected chi connectivity index (χ2v) is 5.89. The first-order valence-corrected chi connectivity index (χ1v) is 6.59. The lowest BCUT2D eigenvalue weighted by Crippen LogP contribution is -2.40. The average Bonchev–Trinajstić information content (AvgIpc) is 2.74. The van der Waals surface area contributed by atoms with Crippen LogP contribution in [0.25, 0.3) is 0 Å². The van der Waals surface area contributed by atoms with Gasteiger partial charge >= 0.3 is 12.1 Å². The fourth-order valence-electron chi connectivity index (χ4n) is 2.48. The van der Waals surface area contributed by atoms with Crippen LogP contribution in [0.5, 0.6) is 0 Å². The van der Waals surface area contributed by atoms with Crippen LogP contribution in [0.1, 0.15) is 25.8 Å². The van der Waals surface area contributed by atoms with E-state index < -0.39 is 18.1 Å². The molecule has 1 aromatic rings. The molecule has 20 heavy (non-hydrogen) atoms. The van der Waals surface area contributed by atoms with Crippen molar-refractivity contribution in [2.45, 2.75) is 32.9 Å². The van der Waals surface area contributed by atoms with Crippen molar-refractivity contribution in [3.05, 3.63) is 35.9 Å². The minimum atomic E-state index is -0.979. The number of amides is 1. The summed E-state index contributed by atoms with van der Waals surface area (Å²) in [6.07, 6.45) is -0.116. The molecule has 0 spiro atoms. The van der Waals surface area contributed by atoms with Crippen LogP contribution in [-0.2, 0) is 16.1 Å². The van der Waals surface area contributed by atoms with Crippen molar-refractivity contribution in [3.63, 3.8) is 0 Å². The molecule has 0 aliphatic carbocycles. The second-order valence-electron chi connectivity index (χ2n) is 5.89. The molecule has 5 heteroatoms. The number of carbonyl (C=O) groups is 2. The molecule has 1 atom stereocenters. The highest BCUT2D eigenvalue weighted by Gasteiger charge is 2.44. The van der Waals surface area contributed by atoms with Crippen molar-refractivity contribution >= 4 is 12.1 Å². The molecular formula is C15H19NO4. The third-order valence-corrected chi connectivity index (χ3v) is 3.45. The normalized spacial score (nSPS) is 20.7. The summed E-state index contributed by atoms with van der Waals surface area (Å²) in [4.78, 5) is 24.6. The van der Waals surface area contributed by atoms with Gasteiger partial charge in [-0.1, -0.05) is 44.2 Å². The Morgan fingerprint density at radius 2 is 2.00 bits per heavy atom. The van der Waals surface area contributed by atoms with E-state index >= 15 is 0 Å². The number of carboxylic acids is 1. The highest BCUT2D eigenvalue weighted by Crippen LogP contribution is 2.34. The number of ether oxygens (including phenoxy) is 1. The predicted molar refractivity (Wildman–Crippen MR) is 73.2 cm³/mol. The number of hydrogen-bond donors (Lipinski definition) is 1. The van der Waals surface area contributed by atoms with Gasteiger partial charge in [0.2, 0.25) is 0 Å². The molecule has 1 aliphatic heterocycles. The van der Waals surface area contributed by atoms with Crippen LogP contribution in [0.3, 0.4) is 0 Å². The first-order chi connectivity index (χ1) is 9.39. The van der Waals surface area contributed by atoms with Crippen LogP contribution < -0.4 is 0 Å². The van der Waals surface area contributed by atoms with Crippen LogP contribution in [0, 0.1) is 5.41 Å². The maximum Gasteiger partial charge on any atom is 0.410 e. The molecule has 1 N–H and O–H groups in total. The van der Waals surface area contributed by atoms with Crippen LogP contribution in [0.2, 0.25) is 0 Å². The van der Waals surface area contributed by atoms with E-state index in [1.165, 1.54) is 4.90 Å². The van der Waals surface area contributed by atoms with E-state index in [-0.39, 0.29) is 12.0 Å². The molecule has 108 valence electrons. The molecule has 1 heterocycles. The Balaban J connectivity index is 1.99. The number of rotatable bonds is 3. The largest absolute Gasteiger partial charge is 0.480 e. The number of nitrogens with zero attached hydrogens (tertiary/aromatic N) is 1. The minimum absolute atomic E-state index is 0.156. The fourth-order valence-corrected chi connectivity index (χ4v) is 2.48. The lowest BCUT2D eigenvalue weighted by Gasteiger charge is -2.21. The molecule has 0 unspecified atom stereocenters. The zero-order valence-corrected chi connectivity index (χ0v) is 11.7. The van der Waals surface area contributed by atoms with Gasteiger partial charge in [0.1, 0.15) is 12.6 Å². The number of benzene rings is 1. The average molecular weight is 277 g/mol. The smallest absolute Gasteiger partial charge is 0.410 e. The summed E-state index contributed by atoms with van der Waals surface area (Å²) in [5, 5.41) is 9.20. The standard InChI is InChI=1S/C15H19NO4/c1-15(2)8-12(13(17)18)16(10-15)14(19)20-9-11-6-4-3-5-7-11/h3-7,12H,8-10H2,1-2H3,(H,17,18)/t12-/m1/s1.